The lowest BCUT2D eigenvalue weighted by Gasteiger charge is -2.42. The molecule has 1 saturated carbocycles. The van der Waals surface area contributed by atoms with Gasteiger partial charge < -0.3 is 10.1 Å². The van der Waals surface area contributed by atoms with Crippen LogP contribution < -0.4 is 5.32 Å². The summed E-state index contributed by atoms with van der Waals surface area (Å²) in [5, 5.41) is 3.45. The van der Waals surface area contributed by atoms with Crippen molar-refractivity contribution in [3.8, 4) is 0 Å². The predicted molar refractivity (Wildman–Crippen MR) is 80.1 cm³/mol. The van der Waals surface area contributed by atoms with Crippen LogP contribution in [0.5, 0.6) is 0 Å². The fraction of sp³-hybridized carbons (Fsp3) is 0.941. The first kappa shape index (κ1) is 15.0. The number of nitrogens with one attached hydrogen (secondary N) is 1. The van der Waals surface area contributed by atoms with Crippen LogP contribution in [0, 0.1) is 29.1 Å². The number of hydrogen-bond donors (Lipinski definition) is 1. The van der Waals surface area contributed by atoms with Gasteiger partial charge in [-0.3, -0.25) is 0 Å². The van der Waals surface area contributed by atoms with Gasteiger partial charge in [-0.05, 0) is 61.8 Å². The molecule has 1 N–H and O–H groups in total. The van der Waals surface area contributed by atoms with Gasteiger partial charge in [-0.15, -0.1) is 0 Å². The third-order valence-electron chi connectivity index (χ3n) is 6.07. The van der Waals surface area contributed by atoms with E-state index in [4.69, 9.17) is 0 Å². The molecular weight excluding hydrogens is 234 g/mol. The van der Waals surface area contributed by atoms with Crippen LogP contribution in [0.15, 0.2) is 0 Å². The molecule has 1 heterocycles. The summed E-state index contributed by atoms with van der Waals surface area (Å²) in [4.78, 5) is 11.0. The van der Waals surface area contributed by atoms with E-state index >= 15 is 0 Å². The van der Waals surface area contributed by atoms with Crippen molar-refractivity contribution >= 4 is 6.29 Å². The number of piperidine rings is 1. The second kappa shape index (κ2) is 6.39. The summed E-state index contributed by atoms with van der Waals surface area (Å²) in [6, 6.07) is 0. The monoisotopic (exact) mass is 265 g/mol. The van der Waals surface area contributed by atoms with Crippen LogP contribution in [0.3, 0.4) is 0 Å². The molecule has 110 valence electrons. The number of aldehydes is 1. The van der Waals surface area contributed by atoms with Crippen molar-refractivity contribution < 1.29 is 4.79 Å². The summed E-state index contributed by atoms with van der Waals surface area (Å²) in [6.07, 6.45) is 9.13. The van der Waals surface area contributed by atoms with Gasteiger partial charge in [0.25, 0.3) is 0 Å². The van der Waals surface area contributed by atoms with E-state index in [1.807, 2.05) is 0 Å². The third-order valence-corrected chi connectivity index (χ3v) is 6.07. The molecule has 0 aromatic carbocycles. The second-order valence-electron chi connectivity index (χ2n) is 7.50. The van der Waals surface area contributed by atoms with E-state index in [1.165, 1.54) is 32.1 Å². The fourth-order valence-corrected chi connectivity index (χ4v) is 4.13. The van der Waals surface area contributed by atoms with Gasteiger partial charge in [-0.25, -0.2) is 0 Å². The molecule has 2 nitrogen and oxygen atoms in total. The first-order chi connectivity index (χ1) is 9.06. The van der Waals surface area contributed by atoms with Crippen molar-refractivity contribution in [2.75, 3.05) is 13.1 Å². The van der Waals surface area contributed by atoms with Crippen molar-refractivity contribution in [2.45, 2.75) is 59.3 Å². The summed E-state index contributed by atoms with van der Waals surface area (Å²) < 4.78 is 0. The van der Waals surface area contributed by atoms with Crippen molar-refractivity contribution in [1.29, 1.82) is 0 Å². The minimum Gasteiger partial charge on any atom is -0.316 e. The maximum absolute atomic E-state index is 11.0. The summed E-state index contributed by atoms with van der Waals surface area (Å²) in [7, 11) is 0. The molecule has 2 heteroatoms. The van der Waals surface area contributed by atoms with Crippen molar-refractivity contribution in [2.24, 2.45) is 29.1 Å². The average Bonchev–Trinajstić information content (AvgIpc) is 2.47. The van der Waals surface area contributed by atoms with Crippen LogP contribution in [0.25, 0.3) is 0 Å². The van der Waals surface area contributed by atoms with Crippen LogP contribution in [0.2, 0.25) is 0 Å². The van der Waals surface area contributed by atoms with Gasteiger partial charge in [0.1, 0.15) is 6.29 Å². The molecule has 2 unspecified atom stereocenters. The van der Waals surface area contributed by atoms with Crippen LogP contribution in [-0.2, 0) is 4.79 Å². The molecule has 1 aliphatic carbocycles. The summed E-state index contributed by atoms with van der Waals surface area (Å²) in [6.45, 7) is 9.23. The van der Waals surface area contributed by atoms with E-state index in [2.05, 4.69) is 26.1 Å². The molecule has 0 amide bonds. The molecule has 1 saturated heterocycles. The van der Waals surface area contributed by atoms with E-state index in [9.17, 15) is 4.79 Å². The first-order valence-corrected chi connectivity index (χ1v) is 8.22. The van der Waals surface area contributed by atoms with Crippen LogP contribution in [-0.4, -0.2) is 19.4 Å². The van der Waals surface area contributed by atoms with Crippen LogP contribution >= 0.6 is 0 Å². The highest BCUT2D eigenvalue weighted by atomic mass is 16.1. The minimum absolute atomic E-state index is 0.267. The Balaban J connectivity index is 1.84. The van der Waals surface area contributed by atoms with Crippen LogP contribution in [0.4, 0.5) is 0 Å². The first-order valence-electron chi connectivity index (χ1n) is 8.22. The quantitative estimate of drug-likeness (QED) is 0.786. The zero-order valence-electron chi connectivity index (χ0n) is 13.0. The van der Waals surface area contributed by atoms with Gasteiger partial charge in [-0.2, -0.15) is 0 Å². The third kappa shape index (κ3) is 3.59. The highest BCUT2D eigenvalue weighted by molar-refractivity contribution is 5.54. The molecule has 0 aromatic heterocycles. The van der Waals surface area contributed by atoms with Crippen LogP contribution in [0.1, 0.15) is 59.3 Å². The highest BCUT2D eigenvalue weighted by Gasteiger charge is 2.35. The Labute approximate surface area is 118 Å². The highest BCUT2D eigenvalue weighted by Crippen LogP contribution is 2.44. The van der Waals surface area contributed by atoms with Gasteiger partial charge in [0, 0.05) is 12.5 Å². The summed E-state index contributed by atoms with van der Waals surface area (Å²) >= 11 is 0. The largest absolute Gasteiger partial charge is 0.316 e. The molecule has 0 bridgehead atoms. The molecule has 2 fully saturated rings. The van der Waals surface area contributed by atoms with E-state index < -0.39 is 0 Å². The molecule has 2 rings (SSSR count). The molecule has 0 spiro atoms. The SMILES string of the molecule is CCC(C)(C)C1CCC(C2CNCC(C=O)C2)CC1. The summed E-state index contributed by atoms with van der Waals surface area (Å²) in [5.74, 6) is 2.78. The van der Waals surface area contributed by atoms with Crippen molar-refractivity contribution in [1.82, 2.24) is 5.32 Å². The maximum atomic E-state index is 11.0. The smallest absolute Gasteiger partial charge is 0.124 e. The van der Waals surface area contributed by atoms with Crippen molar-refractivity contribution in [3.05, 3.63) is 0 Å². The predicted octanol–water partition coefficient (Wildman–Crippen LogP) is 3.65. The summed E-state index contributed by atoms with van der Waals surface area (Å²) in [5.41, 5.74) is 0.515. The fourth-order valence-electron chi connectivity index (χ4n) is 4.13. The molecule has 0 aromatic rings. The van der Waals surface area contributed by atoms with Gasteiger partial charge in [-0.1, -0.05) is 27.2 Å². The van der Waals surface area contributed by atoms with E-state index in [0.717, 1.165) is 43.6 Å². The number of rotatable bonds is 4. The van der Waals surface area contributed by atoms with Gasteiger partial charge in [0.2, 0.25) is 0 Å². The van der Waals surface area contributed by atoms with Gasteiger partial charge in [0.05, 0.1) is 0 Å². The molecule has 0 radical (unpaired) electrons. The minimum atomic E-state index is 0.267. The second-order valence-corrected chi connectivity index (χ2v) is 7.50. The molecule has 19 heavy (non-hydrogen) atoms. The Morgan fingerprint density at radius 1 is 1.11 bits per heavy atom. The average molecular weight is 265 g/mol. The standard InChI is InChI=1S/C17H31NO/c1-4-17(2,3)16-7-5-14(6-8-16)15-9-13(12-19)10-18-11-15/h12-16,18H,4-11H2,1-3H3. The van der Waals surface area contributed by atoms with Gasteiger partial charge in [0.15, 0.2) is 0 Å². The number of carbonyl (C=O) groups is 1. The molecule has 2 aliphatic rings. The normalized spacial score (nSPS) is 37.0. The Morgan fingerprint density at radius 2 is 1.79 bits per heavy atom. The number of carbonyl (C=O) groups excluding carboxylic acids is 1. The Bertz CT molecular complexity index is 292. The molecule has 1 aliphatic heterocycles. The molecular formula is C17H31NO. The maximum Gasteiger partial charge on any atom is 0.124 e. The lowest BCUT2D eigenvalue weighted by molar-refractivity contribution is -0.112. The zero-order chi connectivity index (χ0) is 13.9. The van der Waals surface area contributed by atoms with Gasteiger partial charge >= 0.3 is 0 Å². The number of hydrogen-bond acceptors (Lipinski definition) is 2. The van der Waals surface area contributed by atoms with E-state index in [1.54, 1.807) is 0 Å². The van der Waals surface area contributed by atoms with E-state index in [-0.39, 0.29) is 5.92 Å². The van der Waals surface area contributed by atoms with E-state index in [0.29, 0.717) is 5.41 Å². The zero-order valence-corrected chi connectivity index (χ0v) is 13.0. The lowest BCUT2D eigenvalue weighted by atomic mass is 9.64. The molecule has 2 atom stereocenters. The topological polar surface area (TPSA) is 29.1 Å². The Kier molecular flexibility index (Phi) is 5.05. The van der Waals surface area contributed by atoms with Crippen molar-refractivity contribution in [3.63, 3.8) is 0 Å². The lowest BCUT2D eigenvalue weighted by Crippen LogP contribution is -2.41. The Morgan fingerprint density at radius 3 is 2.37 bits per heavy atom. The Hall–Kier alpha value is -0.370.